The summed E-state index contributed by atoms with van der Waals surface area (Å²) in [6.45, 7) is 10.2. The number of carbonyl (C=O) groups is 3. The van der Waals surface area contributed by atoms with Crippen molar-refractivity contribution in [3.8, 4) is 0 Å². The number of fused-ring (bicyclic) bond motifs is 1. The van der Waals surface area contributed by atoms with Gasteiger partial charge in [-0.2, -0.15) is 5.10 Å². The van der Waals surface area contributed by atoms with Gasteiger partial charge in [0.05, 0.1) is 0 Å². The number of amides is 3. The first kappa shape index (κ1) is 24.5. The molecule has 8 heteroatoms. The molecule has 0 saturated carbocycles. The van der Waals surface area contributed by atoms with Crippen LogP contribution in [0.2, 0.25) is 0 Å². The molecule has 0 fully saturated rings. The molecule has 1 aliphatic rings. The maximum atomic E-state index is 13.2. The lowest BCUT2D eigenvalue weighted by molar-refractivity contribution is -0.123. The Morgan fingerprint density at radius 3 is 2.48 bits per heavy atom. The molecule has 0 unspecified atom stereocenters. The van der Waals surface area contributed by atoms with Crippen LogP contribution in [-0.2, 0) is 17.9 Å². The Morgan fingerprint density at radius 2 is 1.82 bits per heavy atom. The van der Waals surface area contributed by atoms with Crippen molar-refractivity contribution in [2.24, 2.45) is 11.8 Å². The van der Waals surface area contributed by atoms with E-state index >= 15 is 0 Å². The third-order valence-electron chi connectivity index (χ3n) is 5.79. The van der Waals surface area contributed by atoms with E-state index in [1.165, 1.54) is 6.07 Å². The normalized spacial score (nSPS) is 14.7. The Balaban J connectivity index is 1.70. The van der Waals surface area contributed by atoms with Gasteiger partial charge in [0.1, 0.15) is 11.7 Å². The summed E-state index contributed by atoms with van der Waals surface area (Å²) in [6, 6.07) is 10.7. The summed E-state index contributed by atoms with van der Waals surface area (Å²) < 4.78 is 1.61. The zero-order chi connectivity index (χ0) is 24.0. The van der Waals surface area contributed by atoms with Crippen LogP contribution < -0.4 is 10.6 Å². The second-order valence-electron chi connectivity index (χ2n) is 9.37. The minimum absolute atomic E-state index is 0.0866. The summed E-state index contributed by atoms with van der Waals surface area (Å²) in [6.07, 6.45) is 1.63. The van der Waals surface area contributed by atoms with E-state index in [9.17, 15) is 14.4 Å². The average Bonchev–Trinajstić information content (AvgIpc) is 3.14. The first-order chi connectivity index (χ1) is 15.8. The van der Waals surface area contributed by atoms with Crippen LogP contribution in [0.3, 0.4) is 0 Å². The Kier molecular flexibility index (Phi) is 8.25. The van der Waals surface area contributed by atoms with E-state index in [1.807, 2.05) is 44.2 Å². The summed E-state index contributed by atoms with van der Waals surface area (Å²) in [5.41, 5.74) is 1.61. The molecule has 8 nitrogen and oxygen atoms in total. The number of hydrogen-bond donors (Lipinski definition) is 2. The number of carbonyl (C=O) groups excluding carboxylic acids is 3. The highest BCUT2D eigenvalue weighted by Crippen LogP contribution is 2.17. The topological polar surface area (TPSA) is 96.3 Å². The standard InChI is InChI=1S/C25H35N5O3/c1-17(2)11-12-26-24(32)22(18(3)4)27-23(31)20-15-21-25(33)29(13-8-14-30(21)28-20)16-19-9-6-5-7-10-19/h5-7,9-10,15,17-18,22H,8,11-14,16H2,1-4H3,(H,26,32)(H,27,31)/t22-/m0/s1. The lowest BCUT2D eigenvalue weighted by Crippen LogP contribution is -2.50. The number of nitrogens with zero attached hydrogens (tertiary/aromatic N) is 3. The molecule has 33 heavy (non-hydrogen) atoms. The van der Waals surface area contributed by atoms with Gasteiger partial charge >= 0.3 is 0 Å². The molecule has 0 bridgehead atoms. The van der Waals surface area contributed by atoms with Crippen LogP contribution in [0.1, 0.15) is 67.1 Å². The van der Waals surface area contributed by atoms with Crippen molar-refractivity contribution >= 4 is 17.7 Å². The van der Waals surface area contributed by atoms with Crippen LogP contribution in [0, 0.1) is 11.8 Å². The van der Waals surface area contributed by atoms with Gasteiger partial charge in [0.15, 0.2) is 5.69 Å². The maximum absolute atomic E-state index is 13.2. The van der Waals surface area contributed by atoms with Crippen LogP contribution >= 0.6 is 0 Å². The minimum Gasteiger partial charge on any atom is -0.354 e. The van der Waals surface area contributed by atoms with Crippen molar-refractivity contribution < 1.29 is 14.4 Å². The Labute approximate surface area is 195 Å². The highest BCUT2D eigenvalue weighted by atomic mass is 16.2. The van der Waals surface area contributed by atoms with Crippen LogP contribution in [0.5, 0.6) is 0 Å². The predicted molar refractivity (Wildman–Crippen MR) is 127 cm³/mol. The number of nitrogens with one attached hydrogen (secondary N) is 2. The van der Waals surface area contributed by atoms with Crippen LogP contribution in [0.15, 0.2) is 36.4 Å². The molecule has 3 amide bonds. The number of benzene rings is 1. The molecule has 2 aromatic rings. The second kappa shape index (κ2) is 11.1. The van der Waals surface area contributed by atoms with E-state index in [1.54, 1.807) is 9.58 Å². The molecule has 1 aliphatic heterocycles. The highest BCUT2D eigenvalue weighted by Gasteiger charge is 2.29. The molecule has 2 heterocycles. The molecule has 0 radical (unpaired) electrons. The van der Waals surface area contributed by atoms with Gasteiger partial charge in [-0.05, 0) is 30.2 Å². The quantitative estimate of drug-likeness (QED) is 0.610. The predicted octanol–water partition coefficient (Wildman–Crippen LogP) is 2.85. The molecule has 0 aliphatic carbocycles. The monoisotopic (exact) mass is 453 g/mol. The molecular weight excluding hydrogens is 418 g/mol. The van der Waals surface area contributed by atoms with Crippen LogP contribution in [0.4, 0.5) is 0 Å². The van der Waals surface area contributed by atoms with Gasteiger partial charge in [-0.15, -0.1) is 0 Å². The summed E-state index contributed by atoms with van der Waals surface area (Å²) in [5, 5.41) is 10.1. The third-order valence-corrected chi connectivity index (χ3v) is 5.79. The zero-order valence-electron chi connectivity index (χ0n) is 20.0. The van der Waals surface area contributed by atoms with Gasteiger partial charge in [-0.3, -0.25) is 19.1 Å². The minimum atomic E-state index is -0.670. The van der Waals surface area contributed by atoms with E-state index in [4.69, 9.17) is 0 Å². The molecule has 1 aromatic carbocycles. The Morgan fingerprint density at radius 1 is 1.09 bits per heavy atom. The first-order valence-electron chi connectivity index (χ1n) is 11.8. The molecule has 2 N–H and O–H groups in total. The SMILES string of the molecule is CC(C)CCNC(=O)[C@@H](NC(=O)c1cc2n(n1)CCCN(Cc1ccccc1)C2=O)C(C)C. The van der Waals surface area contributed by atoms with Crippen LogP contribution in [0.25, 0.3) is 0 Å². The third kappa shape index (κ3) is 6.43. The largest absolute Gasteiger partial charge is 0.354 e. The molecule has 1 atom stereocenters. The molecule has 3 rings (SSSR count). The highest BCUT2D eigenvalue weighted by molar-refractivity contribution is 5.99. The van der Waals surface area contributed by atoms with Gasteiger partial charge < -0.3 is 15.5 Å². The van der Waals surface area contributed by atoms with Crippen molar-refractivity contribution in [3.63, 3.8) is 0 Å². The Bertz CT molecular complexity index is 968. The fourth-order valence-corrected chi connectivity index (χ4v) is 3.84. The number of rotatable bonds is 9. The zero-order valence-corrected chi connectivity index (χ0v) is 20.0. The van der Waals surface area contributed by atoms with Gasteiger partial charge in [0.25, 0.3) is 11.8 Å². The van der Waals surface area contributed by atoms with Crippen molar-refractivity contribution in [1.29, 1.82) is 0 Å². The fourth-order valence-electron chi connectivity index (χ4n) is 3.84. The van der Waals surface area contributed by atoms with E-state index < -0.39 is 11.9 Å². The van der Waals surface area contributed by atoms with Crippen molar-refractivity contribution in [2.75, 3.05) is 13.1 Å². The summed E-state index contributed by atoms with van der Waals surface area (Å²) in [5.74, 6) is -0.399. The maximum Gasteiger partial charge on any atom is 0.272 e. The Hall–Kier alpha value is -3.16. The molecule has 0 saturated heterocycles. The van der Waals surface area contributed by atoms with Gasteiger partial charge in [-0.25, -0.2) is 0 Å². The van der Waals surface area contributed by atoms with E-state index in [0.29, 0.717) is 37.8 Å². The molecule has 0 spiro atoms. The van der Waals surface area contributed by atoms with Crippen LogP contribution in [-0.4, -0.2) is 51.5 Å². The molecular formula is C25H35N5O3. The smallest absolute Gasteiger partial charge is 0.272 e. The van der Waals surface area contributed by atoms with E-state index in [0.717, 1.165) is 18.4 Å². The number of aryl methyl sites for hydroxylation is 1. The van der Waals surface area contributed by atoms with Gasteiger partial charge in [0, 0.05) is 32.2 Å². The molecule has 178 valence electrons. The summed E-state index contributed by atoms with van der Waals surface area (Å²) in [7, 11) is 0. The average molecular weight is 454 g/mol. The summed E-state index contributed by atoms with van der Waals surface area (Å²) >= 11 is 0. The van der Waals surface area contributed by atoms with E-state index in [-0.39, 0.29) is 23.4 Å². The number of hydrogen-bond acceptors (Lipinski definition) is 4. The fraction of sp³-hybridized carbons (Fsp3) is 0.520. The van der Waals surface area contributed by atoms with Gasteiger partial charge in [-0.1, -0.05) is 58.0 Å². The van der Waals surface area contributed by atoms with Crippen molar-refractivity contribution in [1.82, 2.24) is 25.3 Å². The molecule has 1 aromatic heterocycles. The van der Waals surface area contributed by atoms with E-state index in [2.05, 4.69) is 29.6 Å². The van der Waals surface area contributed by atoms with Crippen molar-refractivity contribution in [2.45, 2.75) is 59.7 Å². The summed E-state index contributed by atoms with van der Waals surface area (Å²) in [4.78, 5) is 40.5. The number of aromatic nitrogens is 2. The second-order valence-corrected chi connectivity index (χ2v) is 9.37. The van der Waals surface area contributed by atoms with Gasteiger partial charge in [0.2, 0.25) is 5.91 Å². The first-order valence-corrected chi connectivity index (χ1v) is 11.8. The lowest BCUT2D eigenvalue weighted by atomic mass is 10.0. The lowest BCUT2D eigenvalue weighted by Gasteiger charge is -2.21. The van der Waals surface area contributed by atoms with Crippen molar-refractivity contribution in [3.05, 3.63) is 53.3 Å².